The Morgan fingerprint density at radius 3 is 2.33 bits per heavy atom. The minimum Gasteiger partial charge on any atom is -0.458 e. The monoisotopic (exact) mass is 877 g/mol. The maximum Gasteiger partial charge on any atom is 0.411 e. The highest BCUT2D eigenvalue weighted by atomic mass is 32.2. The smallest absolute Gasteiger partial charge is 0.411 e. The number of methoxy groups -OCH3 is 1. The van der Waals surface area contributed by atoms with Crippen LogP contribution < -0.4 is 0 Å². The summed E-state index contributed by atoms with van der Waals surface area (Å²) in [6.07, 6.45) is 2.23. The number of fused-ring (bicyclic) bond motifs is 1. The molecule has 3 unspecified atom stereocenters. The summed E-state index contributed by atoms with van der Waals surface area (Å²) < 4.78 is 41.3. The third kappa shape index (κ3) is 11.2. The summed E-state index contributed by atoms with van der Waals surface area (Å²) in [5.41, 5.74) is -2.17. The third-order valence-electron chi connectivity index (χ3n) is 12.2. The van der Waals surface area contributed by atoms with Crippen molar-refractivity contribution in [3.63, 3.8) is 0 Å². The van der Waals surface area contributed by atoms with E-state index in [1.54, 1.807) is 72.0 Å². The number of carbonyl (C=O) groups excluding carboxylic acids is 4. The number of hydrogen-bond donors (Lipinski definition) is 1. The molecule has 19 heteroatoms. The molecular weight excluding hydrogens is 814 g/mol. The van der Waals surface area contributed by atoms with E-state index in [2.05, 4.69) is 20.4 Å². The Bertz CT molecular complexity index is 1820. The lowest BCUT2D eigenvalue weighted by atomic mass is 9.73. The van der Waals surface area contributed by atoms with Gasteiger partial charge in [-0.1, -0.05) is 45.9 Å². The first-order valence-corrected chi connectivity index (χ1v) is 21.9. The van der Waals surface area contributed by atoms with Crippen molar-refractivity contribution in [2.24, 2.45) is 23.7 Å². The lowest BCUT2D eigenvalue weighted by Gasteiger charge is -2.47. The first-order valence-electron chi connectivity index (χ1n) is 20.7. The van der Waals surface area contributed by atoms with Gasteiger partial charge in [0.05, 0.1) is 30.4 Å². The topological polar surface area (TPSA) is 198 Å². The Morgan fingerprint density at radius 2 is 1.72 bits per heavy atom. The van der Waals surface area contributed by atoms with Gasteiger partial charge >= 0.3 is 12.1 Å². The molecule has 0 saturated carbocycles. The molecule has 0 aliphatic carbocycles. The number of ether oxygens (including phenoxy) is 5. The van der Waals surface area contributed by atoms with Crippen molar-refractivity contribution in [2.45, 2.75) is 135 Å². The lowest BCUT2D eigenvalue weighted by molar-refractivity contribution is -0.295. The fraction of sp³-hybridized carbons (Fsp3) is 0.714. The summed E-state index contributed by atoms with van der Waals surface area (Å²) in [5, 5.41) is 24.0. The predicted molar refractivity (Wildman–Crippen MR) is 224 cm³/mol. The molecule has 340 valence electrons. The van der Waals surface area contributed by atoms with E-state index in [0.29, 0.717) is 17.9 Å². The second kappa shape index (κ2) is 21.5. The number of amides is 1. The van der Waals surface area contributed by atoms with Gasteiger partial charge in [0, 0.05) is 62.1 Å². The average molecular weight is 878 g/mol. The van der Waals surface area contributed by atoms with Crippen LogP contribution in [0, 0.1) is 23.7 Å². The maximum absolute atomic E-state index is 14.7. The zero-order valence-corrected chi connectivity index (χ0v) is 38.2. The Kier molecular flexibility index (Phi) is 17.5. The van der Waals surface area contributed by atoms with Gasteiger partial charge in [0.15, 0.2) is 17.7 Å². The van der Waals surface area contributed by atoms with Crippen molar-refractivity contribution in [1.82, 2.24) is 35.0 Å². The van der Waals surface area contributed by atoms with Gasteiger partial charge in [-0.05, 0) is 78.4 Å². The van der Waals surface area contributed by atoms with Crippen LogP contribution >= 0.6 is 12.1 Å². The van der Waals surface area contributed by atoms with E-state index in [9.17, 15) is 28.2 Å². The van der Waals surface area contributed by atoms with E-state index < -0.39 is 83.4 Å². The minimum atomic E-state index is -1.46. The number of cyclic esters (lactones) is 1. The van der Waals surface area contributed by atoms with Crippen molar-refractivity contribution >= 4 is 35.8 Å². The molecule has 17 nitrogen and oxygen atoms in total. The number of ketones is 2. The van der Waals surface area contributed by atoms with Gasteiger partial charge in [-0.2, -0.15) is 8.68 Å². The zero-order valence-electron chi connectivity index (χ0n) is 37.4. The molecule has 0 aromatic carbocycles. The first kappa shape index (κ1) is 49.8. The van der Waals surface area contributed by atoms with Gasteiger partial charge in [0.2, 0.25) is 5.82 Å². The number of Topliss-reactive ketones (excluding diaryl/α,β-unsaturated/α-hetero) is 2. The van der Waals surface area contributed by atoms with Crippen LogP contribution in [0.15, 0.2) is 36.5 Å². The number of halogens is 1. The van der Waals surface area contributed by atoms with E-state index in [4.69, 9.17) is 23.7 Å². The number of esters is 1. The summed E-state index contributed by atoms with van der Waals surface area (Å²) in [5.74, 6) is -4.81. The summed E-state index contributed by atoms with van der Waals surface area (Å²) >= 11 is 0.250. The molecule has 3 fully saturated rings. The summed E-state index contributed by atoms with van der Waals surface area (Å²) in [7, 11) is 5.21. The van der Waals surface area contributed by atoms with E-state index in [1.807, 2.05) is 32.0 Å². The van der Waals surface area contributed by atoms with Crippen LogP contribution in [-0.4, -0.2) is 152 Å². The van der Waals surface area contributed by atoms with Crippen LogP contribution in [0.1, 0.15) is 74.7 Å². The van der Waals surface area contributed by atoms with Crippen molar-refractivity contribution in [3.8, 4) is 11.5 Å². The number of pyridine rings is 1. The van der Waals surface area contributed by atoms with Crippen LogP contribution in [0.4, 0.5) is 8.68 Å². The Labute approximate surface area is 362 Å². The Balaban J connectivity index is 0.00000265. The fourth-order valence-corrected chi connectivity index (χ4v) is 8.94. The second-order valence-electron chi connectivity index (χ2n) is 16.8. The number of aliphatic hydroxyl groups excluding tert-OH is 1. The molecule has 1 amide bonds. The summed E-state index contributed by atoms with van der Waals surface area (Å²) in [6.45, 7) is 14.1. The minimum absolute atomic E-state index is 0.0610. The third-order valence-corrected chi connectivity index (χ3v) is 12.2. The molecule has 5 heterocycles. The predicted octanol–water partition coefficient (Wildman–Crippen LogP) is 4.73. The molecule has 3 aliphatic rings. The van der Waals surface area contributed by atoms with Crippen LogP contribution in [-0.2, 0) is 44.6 Å². The van der Waals surface area contributed by atoms with Crippen molar-refractivity contribution < 1.29 is 51.9 Å². The number of carbonyl (C=O) groups is 4. The van der Waals surface area contributed by atoms with Gasteiger partial charge in [0.1, 0.15) is 29.6 Å². The number of hydrogen-bond acceptors (Lipinski definition) is 16. The number of allylic oxidation sites excluding steroid dienone is 1. The standard InChI is InChI=1S/C41H61N7O10.CH3FS/c1-12-30-41(8)34(47(39(53)58-41)19-15-16-20-48-44-36(43-45-48)28-17-13-14-18-42-28)25(4)31(49)23(2)22-40(7,54-11)35(26(5)32(50)27(6)37(52)56-30)57-38-33(51)29(46(9)10)21-24(3)55-38;1-3-2/h13-18,23-27,29-30,33-35,38,51H,12,19-22H2,1-11H3;1H3/b16-15+;/t23-,24?,25+,26+,27-,29?,30-,33?,34-,35-,38+,40-,41-;/m1./s1. The number of likely N-dealkylation sites (N-methyl/N-ethyl adjacent to an activating group) is 1. The summed E-state index contributed by atoms with van der Waals surface area (Å²) in [6, 6.07) is 4.24. The quantitative estimate of drug-likeness (QED) is 0.195. The fourth-order valence-electron chi connectivity index (χ4n) is 8.94. The highest BCUT2D eigenvalue weighted by Crippen LogP contribution is 2.43. The lowest BCUT2D eigenvalue weighted by Crippen LogP contribution is -2.60. The maximum atomic E-state index is 14.7. The van der Waals surface area contributed by atoms with Crippen molar-refractivity contribution in [1.29, 1.82) is 0 Å². The number of nitrogens with zero attached hydrogens (tertiary/aromatic N) is 7. The second-order valence-corrected chi connectivity index (χ2v) is 17.2. The molecule has 61 heavy (non-hydrogen) atoms. The van der Waals surface area contributed by atoms with Gasteiger partial charge in [-0.25, -0.2) is 4.79 Å². The molecule has 0 spiro atoms. The van der Waals surface area contributed by atoms with Gasteiger partial charge < -0.3 is 33.7 Å². The SMILES string of the molecule is CC[C@H]1OC(=O)[C@H](C)C(=O)[C@H](C)[C@@H](O[C@@H]2OC(C)CC(N(C)C)C2O)[C@](C)(OC)C[C@@H](C)C(=O)[C@H](C)[C@H]2N(C/C=C/Cn3nnc(-c4ccccn4)n3)C(=O)O[C@]12C.CSF. The van der Waals surface area contributed by atoms with Crippen LogP contribution in [0.3, 0.4) is 0 Å². The molecule has 5 rings (SSSR count). The molecule has 1 N–H and O–H groups in total. The van der Waals surface area contributed by atoms with E-state index in [-0.39, 0.29) is 56.0 Å². The van der Waals surface area contributed by atoms with Crippen LogP contribution in [0.25, 0.3) is 11.5 Å². The Hall–Kier alpha value is -3.88. The molecule has 0 radical (unpaired) electrons. The number of tetrazole rings is 1. The molecule has 2 aromatic rings. The molecule has 2 aromatic heterocycles. The van der Waals surface area contributed by atoms with E-state index in [1.165, 1.54) is 30.0 Å². The van der Waals surface area contributed by atoms with Crippen molar-refractivity contribution in [2.75, 3.05) is 34.0 Å². The largest absolute Gasteiger partial charge is 0.458 e. The highest BCUT2D eigenvalue weighted by molar-refractivity contribution is 7.93. The average Bonchev–Trinajstić information content (AvgIpc) is 3.81. The van der Waals surface area contributed by atoms with Crippen molar-refractivity contribution in [3.05, 3.63) is 36.5 Å². The zero-order chi connectivity index (χ0) is 45.4. The van der Waals surface area contributed by atoms with Crippen LogP contribution in [0.5, 0.6) is 0 Å². The molecule has 13 atom stereocenters. The first-order chi connectivity index (χ1) is 28.8. The Morgan fingerprint density at radius 1 is 1.05 bits per heavy atom. The number of rotatable bonds is 10. The number of aliphatic hydroxyl groups is 1. The molecule has 3 saturated heterocycles. The van der Waals surface area contributed by atoms with E-state index >= 15 is 0 Å². The molecule has 0 bridgehead atoms. The summed E-state index contributed by atoms with van der Waals surface area (Å²) in [4.78, 5) is 65.7. The van der Waals surface area contributed by atoms with E-state index in [0.717, 1.165) is 0 Å². The van der Waals surface area contributed by atoms with Gasteiger partial charge in [-0.15, -0.1) is 10.2 Å². The van der Waals surface area contributed by atoms with Gasteiger partial charge in [0.25, 0.3) is 0 Å². The molecular formula is C42H64FN7O10S. The highest BCUT2D eigenvalue weighted by Gasteiger charge is 2.60. The van der Waals surface area contributed by atoms with Crippen LogP contribution in [0.2, 0.25) is 0 Å². The van der Waals surface area contributed by atoms with Gasteiger partial charge in [-0.3, -0.25) is 24.3 Å². The molecule has 3 aliphatic heterocycles. The normalized spacial score (nSPS) is 35.3. The number of aromatic nitrogens is 5.